The maximum Gasteiger partial charge on any atom is 0.303 e. The molecule has 2 N–H and O–H groups in total. The van der Waals surface area contributed by atoms with Crippen LogP contribution in [0.5, 0.6) is 0 Å². The summed E-state index contributed by atoms with van der Waals surface area (Å²) in [7, 11) is 0. The average Bonchev–Trinajstić information content (AvgIpc) is 2.70. The Balaban J connectivity index is 2.09. The first-order valence-corrected chi connectivity index (χ1v) is 13.4. The third-order valence-electron chi connectivity index (χ3n) is 4.70. The van der Waals surface area contributed by atoms with Crippen LogP contribution in [0.15, 0.2) is 29.2 Å². The molecule has 30 heavy (non-hydrogen) atoms. The van der Waals surface area contributed by atoms with Crippen LogP contribution in [0.1, 0.15) is 84.5 Å². The predicted octanol–water partition coefficient (Wildman–Crippen LogP) is 7.23. The zero-order valence-corrected chi connectivity index (χ0v) is 20.3. The van der Waals surface area contributed by atoms with Crippen LogP contribution in [0.3, 0.4) is 0 Å². The molecule has 1 amide bonds. The van der Waals surface area contributed by atoms with E-state index in [0.717, 1.165) is 34.4 Å². The standard InChI is InChI=1S/C24H39NO3S2/c1-20(2)29-18-12-8-6-4-3-5-7-9-16-23(26)25-21-14-10-11-15-22(21)30-19-13-17-24(27)28/h10-11,14-15,20H,3-9,12-13,16-19H2,1-2H3,(H,25,26)(H,27,28). The summed E-state index contributed by atoms with van der Waals surface area (Å²) in [4.78, 5) is 23.9. The quantitative estimate of drug-likeness (QED) is 0.181. The van der Waals surface area contributed by atoms with Crippen molar-refractivity contribution < 1.29 is 14.7 Å². The number of carboxylic acids is 1. The number of hydrogen-bond donors (Lipinski definition) is 2. The minimum absolute atomic E-state index is 0.0660. The van der Waals surface area contributed by atoms with E-state index in [0.29, 0.717) is 12.8 Å². The van der Waals surface area contributed by atoms with E-state index in [4.69, 9.17) is 5.11 Å². The smallest absolute Gasteiger partial charge is 0.303 e. The number of benzene rings is 1. The highest BCUT2D eigenvalue weighted by atomic mass is 32.2. The molecule has 170 valence electrons. The van der Waals surface area contributed by atoms with Crippen LogP contribution < -0.4 is 5.32 Å². The number of rotatable bonds is 18. The molecule has 0 fully saturated rings. The number of hydrogen-bond acceptors (Lipinski definition) is 4. The zero-order chi connectivity index (χ0) is 22.0. The number of nitrogens with one attached hydrogen (secondary N) is 1. The van der Waals surface area contributed by atoms with Gasteiger partial charge in [0.05, 0.1) is 5.69 Å². The number of aliphatic carboxylic acids is 1. The van der Waals surface area contributed by atoms with Crippen molar-refractivity contribution in [3.63, 3.8) is 0 Å². The Morgan fingerprint density at radius 2 is 1.50 bits per heavy atom. The van der Waals surface area contributed by atoms with Gasteiger partial charge >= 0.3 is 5.97 Å². The van der Waals surface area contributed by atoms with Crippen LogP contribution in [0.2, 0.25) is 0 Å². The van der Waals surface area contributed by atoms with E-state index in [9.17, 15) is 9.59 Å². The van der Waals surface area contributed by atoms with Gasteiger partial charge in [0, 0.05) is 17.7 Å². The van der Waals surface area contributed by atoms with Crippen LogP contribution in [0.25, 0.3) is 0 Å². The summed E-state index contributed by atoms with van der Waals surface area (Å²) < 4.78 is 0. The normalized spacial score (nSPS) is 11.0. The number of carbonyl (C=O) groups excluding carboxylic acids is 1. The molecule has 4 nitrogen and oxygen atoms in total. The summed E-state index contributed by atoms with van der Waals surface area (Å²) in [5.74, 6) is 1.32. The third-order valence-corrected chi connectivity index (χ3v) is 7.05. The van der Waals surface area contributed by atoms with E-state index < -0.39 is 5.97 Å². The Morgan fingerprint density at radius 3 is 2.17 bits per heavy atom. The van der Waals surface area contributed by atoms with E-state index in [-0.39, 0.29) is 12.3 Å². The topological polar surface area (TPSA) is 66.4 Å². The molecule has 0 aliphatic heterocycles. The highest BCUT2D eigenvalue weighted by Crippen LogP contribution is 2.28. The molecule has 1 aromatic carbocycles. The van der Waals surface area contributed by atoms with Gasteiger partial charge in [0.25, 0.3) is 0 Å². The van der Waals surface area contributed by atoms with Gasteiger partial charge in [0.1, 0.15) is 0 Å². The fourth-order valence-electron chi connectivity index (χ4n) is 3.08. The minimum atomic E-state index is -0.766. The molecular formula is C24H39NO3S2. The van der Waals surface area contributed by atoms with Crippen LogP contribution in [-0.4, -0.2) is 33.7 Å². The van der Waals surface area contributed by atoms with Gasteiger partial charge in [-0.25, -0.2) is 0 Å². The first-order valence-electron chi connectivity index (χ1n) is 11.3. The van der Waals surface area contributed by atoms with E-state index in [1.807, 2.05) is 24.3 Å². The lowest BCUT2D eigenvalue weighted by molar-refractivity contribution is -0.137. The van der Waals surface area contributed by atoms with E-state index in [2.05, 4.69) is 30.9 Å². The van der Waals surface area contributed by atoms with Gasteiger partial charge in [-0.1, -0.05) is 64.5 Å². The fraction of sp³-hybridized carbons (Fsp3) is 0.667. The lowest BCUT2D eigenvalue weighted by atomic mass is 10.1. The van der Waals surface area contributed by atoms with Gasteiger partial charge in [-0.05, 0) is 48.2 Å². The predicted molar refractivity (Wildman–Crippen MR) is 132 cm³/mol. The number of amides is 1. The lowest BCUT2D eigenvalue weighted by Gasteiger charge is -2.10. The van der Waals surface area contributed by atoms with Crippen LogP contribution in [0, 0.1) is 0 Å². The molecule has 0 aliphatic carbocycles. The summed E-state index contributed by atoms with van der Waals surface area (Å²) in [5.41, 5.74) is 0.832. The van der Waals surface area contributed by atoms with Crippen molar-refractivity contribution in [3.05, 3.63) is 24.3 Å². The van der Waals surface area contributed by atoms with Crippen molar-refractivity contribution in [1.29, 1.82) is 0 Å². The molecule has 0 aliphatic rings. The summed E-state index contributed by atoms with van der Waals surface area (Å²) >= 11 is 3.65. The molecule has 0 aromatic heterocycles. The van der Waals surface area contributed by atoms with Gasteiger partial charge in [0.15, 0.2) is 0 Å². The molecule has 0 bridgehead atoms. The molecule has 0 spiro atoms. The molecule has 0 atom stereocenters. The van der Waals surface area contributed by atoms with Crippen molar-refractivity contribution >= 4 is 41.1 Å². The Bertz CT molecular complexity index is 608. The summed E-state index contributed by atoms with van der Waals surface area (Å²) in [6, 6.07) is 7.75. The van der Waals surface area contributed by atoms with Crippen molar-refractivity contribution in [2.24, 2.45) is 0 Å². The number of carboxylic acid groups (broad SMARTS) is 1. The van der Waals surface area contributed by atoms with Gasteiger partial charge in [0.2, 0.25) is 5.91 Å². The first-order chi connectivity index (χ1) is 14.5. The molecule has 0 saturated carbocycles. The SMILES string of the molecule is CC(C)SCCCCCCCCCCC(=O)Nc1ccccc1SCCCC(=O)O. The second-order valence-corrected chi connectivity index (χ2v) is 10.7. The number of carbonyl (C=O) groups is 2. The van der Waals surface area contributed by atoms with Crippen molar-refractivity contribution in [2.75, 3.05) is 16.8 Å². The molecule has 6 heteroatoms. The fourth-order valence-corrected chi connectivity index (χ4v) is 4.88. The first kappa shape index (κ1) is 26.9. The molecule has 0 saturated heterocycles. The molecule has 0 radical (unpaired) electrons. The number of unbranched alkanes of at least 4 members (excludes halogenated alkanes) is 7. The van der Waals surface area contributed by atoms with E-state index in [1.54, 1.807) is 11.8 Å². The highest BCUT2D eigenvalue weighted by molar-refractivity contribution is 7.99. The second-order valence-electron chi connectivity index (χ2n) is 7.89. The molecular weight excluding hydrogens is 414 g/mol. The monoisotopic (exact) mass is 453 g/mol. The number of thioether (sulfide) groups is 2. The maximum atomic E-state index is 12.3. The van der Waals surface area contributed by atoms with Gasteiger partial charge < -0.3 is 10.4 Å². The Labute approximate surface area is 191 Å². The maximum absolute atomic E-state index is 12.3. The zero-order valence-electron chi connectivity index (χ0n) is 18.7. The van der Waals surface area contributed by atoms with Crippen LogP contribution in [0.4, 0.5) is 5.69 Å². The Morgan fingerprint density at radius 1 is 0.867 bits per heavy atom. The summed E-state index contributed by atoms with van der Waals surface area (Å²) in [6.07, 6.45) is 11.2. The van der Waals surface area contributed by atoms with Gasteiger partial charge in [-0.15, -0.1) is 11.8 Å². The van der Waals surface area contributed by atoms with Crippen molar-refractivity contribution in [1.82, 2.24) is 0 Å². The Kier molecular flexibility index (Phi) is 15.7. The van der Waals surface area contributed by atoms with Gasteiger partial charge in [-0.2, -0.15) is 11.8 Å². The van der Waals surface area contributed by atoms with Crippen LogP contribution >= 0.6 is 23.5 Å². The molecule has 0 heterocycles. The average molecular weight is 454 g/mol. The van der Waals surface area contributed by atoms with Crippen molar-refractivity contribution in [2.45, 2.75) is 94.6 Å². The highest BCUT2D eigenvalue weighted by Gasteiger charge is 2.07. The largest absolute Gasteiger partial charge is 0.481 e. The lowest BCUT2D eigenvalue weighted by Crippen LogP contribution is -2.11. The number of anilines is 1. The number of para-hydroxylation sites is 1. The Hall–Kier alpha value is -1.14. The summed E-state index contributed by atoms with van der Waals surface area (Å²) in [5, 5.41) is 12.5. The third kappa shape index (κ3) is 14.8. The summed E-state index contributed by atoms with van der Waals surface area (Å²) in [6.45, 7) is 4.52. The molecule has 1 aromatic rings. The van der Waals surface area contributed by atoms with Gasteiger partial charge in [-0.3, -0.25) is 9.59 Å². The molecule has 1 rings (SSSR count). The second kappa shape index (κ2) is 17.5. The minimum Gasteiger partial charge on any atom is -0.481 e. The van der Waals surface area contributed by atoms with E-state index >= 15 is 0 Å². The van der Waals surface area contributed by atoms with Crippen molar-refractivity contribution in [3.8, 4) is 0 Å². The molecule has 0 unspecified atom stereocenters. The van der Waals surface area contributed by atoms with Crippen LogP contribution in [-0.2, 0) is 9.59 Å². The van der Waals surface area contributed by atoms with E-state index in [1.165, 1.54) is 44.3 Å².